The van der Waals surface area contributed by atoms with Gasteiger partial charge >= 0.3 is 6.09 Å². The van der Waals surface area contributed by atoms with Crippen LogP contribution in [0.15, 0.2) is 67.3 Å². The molecule has 1 aliphatic rings. The molecule has 3 atom stereocenters. The van der Waals surface area contributed by atoms with Crippen LogP contribution in [0.25, 0.3) is 32.3 Å². The number of nitrogens with one attached hydrogen (secondary N) is 2. The summed E-state index contributed by atoms with van der Waals surface area (Å²) in [5.41, 5.74) is 1.11. The van der Waals surface area contributed by atoms with Crippen molar-refractivity contribution in [1.29, 1.82) is 0 Å². The fraction of sp³-hybridized carbons (Fsp3) is 0.412. The highest BCUT2D eigenvalue weighted by atomic mass is 16.5. The maximum Gasteiger partial charge on any atom is 0.407 e. The third kappa shape index (κ3) is 6.19. The number of carbonyl (C=O) groups excluding carboxylic acids is 2. The number of amides is 2. The monoisotopic (exact) mass is 524 g/mol. The van der Waals surface area contributed by atoms with E-state index in [1.165, 1.54) is 51.6 Å². The van der Waals surface area contributed by atoms with Crippen molar-refractivity contribution in [3.63, 3.8) is 0 Å². The molecule has 1 fully saturated rings. The lowest BCUT2D eigenvalue weighted by molar-refractivity contribution is -0.121. The van der Waals surface area contributed by atoms with Gasteiger partial charge in [0.1, 0.15) is 0 Å². The summed E-state index contributed by atoms with van der Waals surface area (Å²) in [5, 5.41) is 13.3. The first-order valence-corrected chi connectivity index (χ1v) is 14.5. The standard InChI is InChI=1S/C34H40N2O3/c1-3-5-11-28-29(12-6-4-2)30(28)22-39-34(38)35-20-8-13-31(37)36-21-26-17-16-25-15-14-23-9-7-10-24-18-19-27(26)33(25)32(23)24/h3,7,9-10,14-19,28-30H,1,4-6,8,11-13,20-22H2,2H3,(H,35,38)(H,36,37)/t28-,29+,30-/m1/s1. The molecule has 5 heteroatoms. The van der Waals surface area contributed by atoms with Crippen molar-refractivity contribution in [3.05, 3.63) is 72.8 Å². The van der Waals surface area contributed by atoms with Gasteiger partial charge in [0, 0.05) is 19.5 Å². The predicted molar refractivity (Wildman–Crippen MR) is 160 cm³/mol. The molecule has 0 unspecified atom stereocenters. The summed E-state index contributed by atoms with van der Waals surface area (Å²) in [6.45, 7) is 7.44. The lowest BCUT2D eigenvalue weighted by Gasteiger charge is -2.14. The van der Waals surface area contributed by atoms with Crippen molar-refractivity contribution >= 4 is 44.3 Å². The van der Waals surface area contributed by atoms with E-state index >= 15 is 0 Å². The summed E-state index contributed by atoms with van der Waals surface area (Å²) in [7, 11) is 0. The van der Waals surface area contributed by atoms with Crippen molar-refractivity contribution in [2.75, 3.05) is 13.2 Å². The molecule has 1 aliphatic carbocycles. The first kappa shape index (κ1) is 27.0. The zero-order valence-electron chi connectivity index (χ0n) is 23.0. The summed E-state index contributed by atoms with van der Waals surface area (Å²) in [6.07, 6.45) is 8.33. The largest absolute Gasteiger partial charge is 0.449 e. The molecule has 4 aromatic carbocycles. The minimum atomic E-state index is -0.382. The molecule has 0 bridgehead atoms. The van der Waals surface area contributed by atoms with Gasteiger partial charge in [0.2, 0.25) is 5.91 Å². The van der Waals surface area contributed by atoms with E-state index in [1.54, 1.807) is 0 Å². The Bertz CT molecular complexity index is 1430. The lowest BCUT2D eigenvalue weighted by atomic mass is 9.92. The number of hydrogen-bond donors (Lipinski definition) is 2. The number of carbonyl (C=O) groups is 2. The number of hydrogen-bond acceptors (Lipinski definition) is 3. The Balaban J connectivity index is 1.05. The highest BCUT2D eigenvalue weighted by Gasteiger charge is 2.48. The van der Waals surface area contributed by atoms with Crippen LogP contribution in [0.2, 0.25) is 0 Å². The van der Waals surface area contributed by atoms with Crippen LogP contribution in [0.5, 0.6) is 0 Å². The fourth-order valence-electron chi connectivity index (χ4n) is 6.27. The fourth-order valence-corrected chi connectivity index (χ4v) is 6.27. The van der Waals surface area contributed by atoms with Crippen LogP contribution in [-0.4, -0.2) is 25.2 Å². The molecule has 0 heterocycles. The van der Waals surface area contributed by atoms with E-state index in [1.807, 2.05) is 6.08 Å². The summed E-state index contributed by atoms with van der Waals surface area (Å²) >= 11 is 0. The quantitative estimate of drug-likeness (QED) is 0.101. The molecule has 39 heavy (non-hydrogen) atoms. The van der Waals surface area contributed by atoms with E-state index in [0.29, 0.717) is 50.3 Å². The number of ether oxygens (including phenoxy) is 1. The van der Waals surface area contributed by atoms with Gasteiger partial charge in [-0.3, -0.25) is 4.79 Å². The maximum atomic E-state index is 12.5. The smallest absolute Gasteiger partial charge is 0.407 e. The van der Waals surface area contributed by atoms with Gasteiger partial charge in [-0.15, -0.1) is 6.58 Å². The average molecular weight is 525 g/mol. The molecule has 0 aliphatic heterocycles. The van der Waals surface area contributed by atoms with Crippen LogP contribution in [-0.2, 0) is 16.1 Å². The molecule has 204 valence electrons. The Morgan fingerprint density at radius 1 is 0.872 bits per heavy atom. The number of unbranched alkanes of at least 4 members (excludes halogenated alkanes) is 1. The SMILES string of the molecule is C=CCC[C@@H]1[C@H](CCCC)[C@@H]1COC(=O)NCCCC(=O)NCc1ccc2ccc3cccc4ccc1c2c34. The molecule has 4 aromatic rings. The van der Waals surface area contributed by atoms with Crippen molar-refractivity contribution in [2.45, 2.75) is 58.4 Å². The van der Waals surface area contributed by atoms with Crippen LogP contribution in [0.4, 0.5) is 4.79 Å². The molecular formula is C34H40N2O3. The van der Waals surface area contributed by atoms with E-state index in [4.69, 9.17) is 4.74 Å². The zero-order valence-corrected chi connectivity index (χ0v) is 23.0. The Morgan fingerprint density at radius 2 is 1.59 bits per heavy atom. The number of allylic oxidation sites excluding steroid dienone is 1. The van der Waals surface area contributed by atoms with Crippen molar-refractivity contribution in [3.8, 4) is 0 Å². The third-order valence-electron chi connectivity index (χ3n) is 8.46. The van der Waals surface area contributed by atoms with Crippen LogP contribution < -0.4 is 10.6 Å². The molecule has 1 saturated carbocycles. The molecule has 0 radical (unpaired) electrons. The molecule has 0 saturated heterocycles. The molecular weight excluding hydrogens is 484 g/mol. The maximum absolute atomic E-state index is 12.5. The third-order valence-corrected chi connectivity index (χ3v) is 8.46. The lowest BCUT2D eigenvalue weighted by Crippen LogP contribution is -2.28. The first-order valence-electron chi connectivity index (χ1n) is 14.5. The van der Waals surface area contributed by atoms with Crippen molar-refractivity contribution in [2.24, 2.45) is 17.8 Å². The second-order valence-electron chi connectivity index (χ2n) is 11.0. The van der Waals surface area contributed by atoms with Gasteiger partial charge in [-0.1, -0.05) is 80.4 Å². The van der Waals surface area contributed by atoms with Crippen LogP contribution in [0.3, 0.4) is 0 Å². The number of alkyl carbamates (subject to hydrolysis) is 1. The zero-order chi connectivity index (χ0) is 27.2. The van der Waals surface area contributed by atoms with Gasteiger partial charge in [0.15, 0.2) is 0 Å². The highest BCUT2D eigenvalue weighted by molar-refractivity contribution is 6.23. The van der Waals surface area contributed by atoms with Crippen LogP contribution in [0.1, 0.15) is 57.4 Å². The van der Waals surface area contributed by atoms with E-state index in [9.17, 15) is 9.59 Å². The summed E-state index contributed by atoms with van der Waals surface area (Å²) in [6, 6.07) is 19.3. The van der Waals surface area contributed by atoms with Crippen molar-refractivity contribution in [1.82, 2.24) is 10.6 Å². The van der Waals surface area contributed by atoms with E-state index in [0.717, 1.165) is 18.4 Å². The Hall–Kier alpha value is -3.60. The Labute approximate surface area is 231 Å². The number of benzene rings is 4. The second-order valence-corrected chi connectivity index (χ2v) is 11.0. The van der Waals surface area contributed by atoms with E-state index in [-0.39, 0.29) is 12.0 Å². The van der Waals surface area contributed by atoms with Crippen LogP contribution >= 0.6 is 0 Å². The van der Waals surface area contributed by atoms with Crippen molar-refractivity contribution < 1.29 is 14.3 Å². The van der Waals surface area contributed by atoms with E-state index in [2.05, 4.69) is 78.7 Å². The van der Waals surface area contributed by atoms with Gasteiger partial charge in [-0.2, -0.15) is 0 Å². The van der Waals surface area contributed by atoms with Crippen LogP contribution in [0, 0.1) is 17.8 Å². The molecule has 0 spiro atoms. The minimum absolute atomic E-state index is 0.0160. The Morgan fingerprint density at radius 3 is 2.36 bits per heavy atom. The minimum Gasteiger partial charge on any atom is -0.449 e. The van der Waals surface area contributed by atoms with Gasteiger partial charge in [-0.05, 0) is 81.3 Å². The first-order chi connectivity index (χ1) is 19.1. The topological polar surface area (TPSA) is 67.4 Å². The molecule has 2 amide bonds. The number of rotatable bonds is 14. The normalized spacial score (nSPS) is 18.4. The second kappa shape index (κ2) is 12.5. The molecule has 2 N–H and O–H groups in total. The predicted octanol–water partition coefficient (Wildman–Crippen LogP) is 7.73. The molecule has 0 aromatic heterocycles. The molecule has 5 rings (SSSR count). The van der Waals surface area contributed by atoms with Gasteiger partial charge < -0.3 is 15.4 Å². The van der Waals surface area contributed by atoms with Gasteiger partial charge in [-0.25, -0.2) is 4.79 Å². The Kier molecular flexibility index (Phi) is 8.65. The van der Waals surface area contributed by atoms with E-state index < -0.39 is 0 Å². The molecule has 5 nitrogen and oxygen atoms in total. The summed E-state index contributed by atoms with van der Waals surface area (Å²) in [4.78, 5) is 24.7. The van der Waals surface area contributed by atoms with Gasteiger partial charge in [0.25, 0.3) is 0 Å². The van der Waals surface area contributed by atoms with Gasteiger partial charge in [0.05, 0.1) is 6.61 Å². The summed E-state index contributed by atoms with van der Waals surface area (Å²) in [5.74, 6) is 1.79. The summed E-state index contributed by atoms with van der Waals surface area (Å²) < 4.78 is 5.51. The highest BCUT2D eigenvalue weighted by Crippen LogP contribution is 2.52. The average Bonchev–Trinajstić information content (AvgIpc) is 3.64.